The van der Waals surface area contributed by atoms with Gasteiger partial charge in [-0.1, -0.05) is 29.8 Å². The molecule has 90 valence electrons. The Morgan fingerprint density at radius 2 is 2.27 bits per heavy atom. The van der Waals surface area contributed by atoms with E-state index in [0.29, 0.717) is 6.04 Å². The summed E-state index contributed by atoms with van der Waals surface area (Å²) < 4.78 is 5.51. The van der Waals surface area contributed by atoms with E-state index in [1.54, 1.807) is 0 Å². The zero-order chi connectivity index (χ0) is 11.1. The van der Waals surface area contributed by atoms with Crippen molar-refractivity contribution in [2.45, 2.75) is 39.2 Å². The molecule has 0 aromatic heterocycles. The Hall–Kier alpha value is 0.400. The fourth-order valence-corrected chi connectivity index (χ4v) is 2.86. The molecule has 0 spiro atoms. The van der Waals surface area contributed by atoms with Gasteiger partial charge in [0.2, 0.25) is 0 Å². The lowest BCUT2D eigenvalue weighted by Crippen LogP contribution is -2.45. The highest BCUT2D eigenvalue weighted by molar-refractivity contribution is 9.09. The molecule has 15 heavy (non-hydrogen) atoms. The van der Waals surface area contributed by atoms with Crippen LogP contribution in [0.2, 0.25) is 0 Å². The lowest BCUT2D eigenvalue weighted by molar-refractivity contribution is -0.0105. The van der Waals surface area contributed by atoms with Gasteiger partial charge >= 0.3 is 0 Å². The maximum absolute atomic E-state index is 5.51. The molecule has 0 amide bonds. The largest absolute Gasteiger partial charge is 0.378 e. The average Bonchev–Trinajstić information content (AvgIpc) is 2.27. The van der Waals surface area contributed by atoms with Crippen molar-refractivity contribution in [1.29, 1.82) is 0 Å². The van der Waals surface area contributed by atoms with Crippen LogP contribution < -0.4 is 0 Å². The summed E-state index contributed by atoms with van der Waals surface area (Å²) in [5, 5.41) is 1.13. The van der Waals surface area contributed by atoms with Gasteiger partial charge in [0.15, 0.2) is 0 Å². The summed E-state index contributed by atoms with van der Waals surface area (Å²) in [6, 6.07) is 0.662. The first kappa shape index (κ1) is 13.5. The van der Waals surface area contributed by atoms with Crippen molar-refractivity contribution in [2.75, 3.05) is 31.6 Å². The monoisotopic (exact) mass is 277 g/mol. The van der Waals surface area contributed by atoms with Crippen LogP contribution in [0, 0.1) is 5.92 Å². The van der Waals surface area contributed by atoms with Crippen molar-refractivity contribution in [1.82, 2.24) is 4.90 Å². The Labute approximate surface area is 102 Å². The molecular weight excluding hydrogens is 254 g/mol. The van der Waals surface area contributed by atoms with Gasteiger partial charge in [-0.15, -0.1) is 0 Å². The molecule has 0 radical (unpaired) electrons. The van der Waals surface area contributed by atoms with Crippen molar-refractivity contribution in [3.05, 3.63) is 0 Å². The highest BCUT2D eigenvalue weighted by Gasteiger charge is 2.21. The number of nitrogens with zero attached hydrogens (tertiary/aromatic N) is 1. The predicted octanol–water partition coefficient (Wildman–Crippen LogP) is 2.91. The van der Waals surface area contributed by atoms with Crippen LogP contribution in [0.15, 0.2) is 0 Å². The van der Waals surface area contributed by atoms with Crippen LogP contribution in [0.1, 0.15) is 33.1 Å². The fourth-order valence-electron chi connectivity index (χ4n) is 2.08. The van der Waals surface area contributed by atoms with E-state index in [-0.39, 0.29) is 0 Å². The molecule has 2 unspecified atom stereocenters. The maximum atomic E-state index is 5.51. The summed E-state index contributed by atoms with van der Waals surface area (Å²) >= 11 is 3.51. The Balaban J connectivity index is 2.22. The van der Waals surface area contributed by atoms with Crippen LogP contribution in [-0.2, 0) is 4.74 Å². The van der Waals surface area contributed by atoms with Crippen LogP contribution in [0.5, 0.6) is 0 Å². The summed E-state index contributed by atoms with van der Waals surface area (Å²) in [5.74, 6) is 0.838. The van der Waals surface area contributed by atoms with Crippen molar-refractivity contribution in [3.63, 3.8) is 0 Å². The average molecular weight is 278 g/mol. The summed E-state index contributed by atoms with van der Waals surface area (Å²) in [6.07, 6.45) is 3.83. The van der Waals surface area contributed by atoms with E-state index in [1.807, 2.05) is 0 Å². The molecule has 0 bridgehead atoms. The number of halogens is 1. The minimum atomic E-state index is 0.662. The summed E-state index contributed by atoms with van der Waals surface area (Å²) in [5.41, 5.74) is 0. The van der Waals surface area contributed by atoms with E-state index in [0.717, 1.165) is 31.0 Å². The minimum absolute atomic E-state index is 0.662. The molecule has 1 heterocycles. The van der Waals surface area contributed by atoms with Crippen molar-refractivity contribution in [3.8, 4) is 0 Å². The second-order valence-corrected chi connectivity index (χ2v) is 5.34. The van der Waals surface area contributed by atoms with Gasteiger partial charge in [0.25, 0.3) is 0 Å². The molecule has 1 fully saturated rings. The number of alkyl halides is 1. The van der Waals surface area contributed by atoms with Crippen molar-refractivity contribution < 1.29 is 4.74 Å². The van der Waals surface area contributed by atoms with Gasteiger partial charge in [-0.2, -0.15) is 0 Å². The predicted molar refractivity (Wildman–Crippen MR) is 68.7 cm³/mol. The fraction of sp³-hybridized carbons (Fsp3) is 1.00. The van der Waals surface area contributed by atoms with E-state index < -0.39 is 0 Å². The van der Waals surface area contributed by atoms with Crippen molar-refractivity contribution >= 4 is 15.9 Å². The van der Waals surface area contributed by atoms with Gasteiger partial charge in [0.05, 0.1) is 13.2 Å². The molecule has 2 nitrogen and oxygen atoms in total. The van der Waals surface area contributed by atoms with Crippen LogP contribution in [0.3, 0.4) is 0 Å². The third-order valence-electron chi connectivity index (χ3n) is 3.33. The lowest BCUT2D eigenvalue weighted by atomic mass is 10.0. The molecule has 1 aliphatic rings. The van der Waals surface area contributed by atoms with E-state index in [4.69, 9.17) is 4.74 Å². The number of hydrogen-bond donors (Lipinski definition) is 0. The molecule has 1 saturated heterocycles. The molecule has 0 aromatic carbocycles. The zero-order valence-electron chi connectivity index (χ0n) is 10.0. The minimum Gasteiger partial charge on any atom is -0.378 e. The van der Waals surface area contributed by atoms with E-state index in [9.17, 15) is 0 Å². The Kier molecular flexibility index (Phi) is 6.86. The third kappa shape index (κ3) is 4.83. The number of hydrogen-bond acceptors (Lipinski definition) is 2. The third-order valence-corrected chi connectivity index (χ3v) is 3.79. The van der Waals surface area contributed by atoms with E-state index >= 15 is 0 Å². The topological polar surface area (TPSA) is 12.5 Å². The number of ether oxygens (including phenoxy) is 1. The molecule has 0 saturated carbocycles. The van der Waals surface area contributed by atoms with Gasteiger partial charge in [0, 0.05) is 17.9 Å². The number of rotatable bonds is 6. The van der Waals surface area contributed by atoms with Gasteiger partial charge in [-0.25, -0.2) is 0 Å². The van der Waals surface area contributed by atoms with Crippen LogP contribution in [-0.4, -0.2) is 42.6 Å². The smallest absolute Gasteiger partial charge is 0.0622 e. The molecule has 0 aromatic rings. The Morgan fingerprint density at radius 3 is 2.93 bits per heavy atom. The number of morpholine rings is 1. The maximum Gasteiger partial charge on any atom is 0.0622 e. The van der Waals surface area contributed by atoms with Crippen LogP contribution in [0.25, 0.3) is 0 Å². The first-order valence-corrected chi connectivity index (χ1v) is 7.27. The van der Waals surface area contributed by atoms with Crippen LogP contribution >= 0.6 is 15.9 Å². The second kappa shape index (κ2) is 7.64. The Bertz CT molecular complexity index is 166. The lowest BCUT2D eigenvalue weighted by Gasteiger charge is -2.35. The zero-order valence-corrected chi connectivity index (χ0v) is 11.6. The highest BCUT2D eigenvalue weighted by atomic mass is 79.9. The van der Waals surface area contributed by atoms with E-state index in [1.165, 1.54) is 25.8 Å². The Morgan fingerprint density at radius 1 is 1.47 bits per heavy atom. The molecule has 0 N–H and O–H groups in total. The normalized spacial score (nSPS) is 25.4. The molecule has 3 heteroatoms. The molecular formula is C12H24BrNO. The molecule has 1 rings (SSSR count). The SMILES string of the molecule is CCC1COCCN1CCC(C)CCBr. The first-order chi connectivity index (χ1) is 7.27. The molecule has 2 atom stereocenters. The standard InChI is InChI=1S/C12H24BrNO/c1-3-12-10-15-9-8-14(12)7-5-11(2)4-6-13/h11-12H,3-10H2,1-2H3. The van der Waals surface area contributed by atoms with E-state index in [2.05, 4.69) is 34.7 Å². The van der Waals surface area contributed by atoms with Gasteiger partial charge in [-0.05, 0) is 31.7 Å². The van der Waals surface area contributed by atoms with Gasteiger partial charge in [0.1, 0.15) is 0 Å². The molecule has 0 aliphatic carbocycles. The van der Waals surface area contributed by atoms with Crippen molar-refractivity contribution in [2.24, 2.45) is 5.92 Å². The second-order valence-electron chi connectivity index (χ2n) is 4.54. The summed E-state index contributed by atoms with van der Waals surface area (Å²) in [4.78, 5) is 2.61. The highest BCUT2D eigenvalue weighted by Crippen LogP contribution is 2.15. The van der Waals surface area contributed by atoms with Crippen LogP contribution in [0.4, 0.5) is 0 Å². The quantitative estimate of drug-likeness (QED) is 0.693. The van der Waals surface area contributed by atoms with Gasteiger partial charge in [-0.3, -0.25) is 4.90 Å². The van der Waals surface area contributed by atoms with Gasteiger partial charge < -0.3 is 4.74 Å². The molecule has 1 aliphatic heterocycles. The first-order valence-electron chi connectivity index (χ1n) is 6.15. The summed E-state index contributed by atoms with van der Waals surface area (Å²) in [7, 11) is 0. The summed E-state index contributed by atoms with van der Waals surface area (Å²) in [6.45, 7) is 8.83.